The van der Waals surface area contributed by atoms with Crippen LogP contribution in [0.4, 0.5) is 4.39 Å². The molecular weight excluding hydrogens is 323 g/mol. The Balaban J connectivity index is 1.94. The Labute approximate surface area is 147 Å². The summed E-state index contributed by atoms with van der Waals surface area (Å²) >= 11 is 1.69. The van der Waals surface area contributed by atoms with Gasteiger partial charge in [-0.25, -0.2) is 9.37 Å². The van der Waals surface area contributed by atoms with Gasteiger partial charge in [-0.2, -0.15) is 0 Å². The second kappa shape index (κ2) is 7.75. The van der Waals surface area contributed by atoms with Crippen LogP contribution in [0.1, 0.15) is 35.0 Å². The van der Waals surface area contributed by atoms with E-state index in [2.05, 4.69) is 34.5 Å². The summed E-state index contributed by atoms with van der Waals surface area (Å²) in [6.45, 7) is 9.53. The van der Waals surface area contributed by atoms with E-state index in [1.807, 2.05) is 19.9 Å². The first kappa shape index (κ1) is 18.4. The second-order valence-corrected chi connectivity index (χ2v) is 7.70. The minimum absolute atomic E-state index is 0.209. The van der Waals surface area contributed by atoms with Gasteiger partial charge in [0, 0.05) is 23.9 Å². The Bertz CT molecular complexity index is 722. The van der Waals surface area contributed by atoms with Crippen LogP contribution < -0.4 is 10.6 Å². The maximum Gasteiger partial charge on any atom is 0.191 e. The molecule has 2 N–H and O–H groups in total. The number of hydrogen-bond acceptors (Lipinski definition) is 3. The summed E-state index contributed by atoms with van der Waals surface area (Å²) in [7, 11) is 1.75. The largest absolute Gasteiger partial charge is 0.356 e. The Morgan fingerprint density at radius 3 is 2.62 bits per heavy atom. The molecule has 0 spiro atoms. The maximum atomic E-state index is 13.4. The molecule has 1 heterocycles. The van der Waals surface area contributed by atoms with Crippen molar-refractivity contribution in [1.82, 2.24) is 15.6 Å². The number of aryl methyl sites for hydroxylation is 2. The van der Waals surface area contributed by atoms with Gasteiger partial charge in [-0.15, -0.1) is 11.3 Å². The van der Waals surface area contributed by atoms with Crippen LogP contribution in [0.25, 0.3) is 0 Å². The second-order valence-electron chi connectivity index (χ2n) is 6.42. The number of nitrogens with zero attached hydrogens (tertiary/aromatic N) is 2. The summed E-state index contributed by atoms with van der Waals surface area (Å²) in [5, 5.41) is 7.70. The smallest absolute Gasteiger partial charge is 0.191 e. The van der Waals surface area contributed by atoms with Crippen molar-refractivity contribution in [2.24, 2.45) is 4.99 Å². The summed E-state index contributed by atoms with van der Waals surface area (Å²) in [6.07, 6.45) is 0. The lowest BCUT2D eigenvalue weighted by Crippen LogP contribution is -2.43. The Morgan fingerprint density at radius 1 is 1.29 bits per heavy atom. The lowest BCUT2D eigenvalue weighted by Gasteiger charge is -2.26. The molecule has 0 atom stereocenters. The molecule has 0 aliphatic heterocycles. The molecule has 2 aromatic rings. The van der Waals surface area contributed by atoms with Gasteiger partial charge in [-0.1, -0.05) is 26.0 Å². The predicted molar refractivity (Wildman–Crippen MR) is 99.2 cm³/mol. The monoisotopic (exact) mass is 348 g/mol. The van der Waals surface area contributed by atoms with E-state index in [9.17, 15) is 4.39 Å². The molecule has 0 aliphatic rings. The molecule has 0 radical (unpaired) electrons. The van der Waals surface area contributed by atoms with E-state index >= 15 is 0 Å². The third kappa shape index (κ3) is 4.77. The third-order valence-corrected chi connectivity index (χ3v) is 5.02. The molecule has 130 valence electrons. The maximum absolute atomic E-state index is 13.4. The average Bonchev–Trinajstić information content (AvgIpc) is 2.85. The van der Waals surface area contributed by atoms with Crippen LogP contribution in [-0.4, -0.2) is 24.5 Å². The molecule has 2 rings (SSSR count). The van der Waals surface area contributed by atoms with Crippen LogP contribution in [0, 0.1) is 19.7 Å². The summed E-state index contributed by atoms with van der Waals surface area (Å²) in [6, 6.07) is 6.74. The molecule has 0 bridgehead atoms. The van der Waals surface area contributed by atoms with Gasteiger partial charge in [0.2, 0.25) is 0 Å². The zero-order chi connectivity index (χ0) is 17.7. The standard InChI is InChI=1S/C18H25FN4S/c1-12-16(24-13(2)23-12)10-21-17(20-5)22-11-18(3,4)14-7-6-8-15(19)9-14/h6-9H,10-11H2,1-5H3,(H2,20,21,22). The number of thiazole rings is 1. The van der Waals surface area contributed by atoms with Crippen LogP contribution >= 0.6 is 11.3 Å². The van der Waals surface area contributed by atoms with Crippen molar-refractivity contribution < 1.29 is 4.39 Å². The van der Waals surface area contributed by atoms with Crippen molar-refractivity contribution >= 4 is 17.3 Å². The molecule has 0 amide bonds. The Kier molecular flexibility index (Phi) is 5.94. The van der Waals surface area contributed by atoms with Gasteiger partial charge >= 0.3 is 0 Å². The first-order chi connectivity index (χ1) is 11.3. The van der Waals surface area contributed by atoms with Gasteiger partial charge in [0.25, 0.3) is 0 Å². The summed E-state index contributed by atoms with van der Waals surface area (Å²) < 4.78 is 13.4. The number of benzene rings is 1. The minimum atomic E-state index is -0.212. The SMILES string of the molecule is CN=C(NCc1sc(C)nc1C)NCC(C)(C)c1cccc(F)c1. The minimum Gasteiger partial charge on any atom is -0.356 e. The molecule has 0 fully saturated rings. The number of nitrogens with one attached hydrogen (secondary N) is 2. The van der Waals surface area contributed by atoms with Crippen molar-refractivity contribution in [2.45, 2.75) is 39.7 Å². The van der Waals surface area contributed by atoms with Crippen molar-refractivity contribution in [1.29, 1.82) is 0 Å². The highest BCUT2D eigenvalue weighted by molar-refractivity contribution is 7.11. The first-order valence-corrected chi connectivity index (χ1v) is 8.77. The number of rotatable bonds is 5. The molecule has 24 heavy (non-hydrogen) atoms. The predicted octanol–water partition coefficient (Wildman–Crippen LogP) is 3.54. The summed E-state index contributed by atoms with van der Waals surface area (Å²) in [5.74, 6) is 0.518. The van der Waals surface area contributed by atoms with Crippen LogP contribution in [0.15, 0.2) is 29.3 Å². The van der Waals surface area contributed by atoms with E-state index < -0.39 is 0 Å². The number of halogens is 1. The molecule has 0 unspecified atom stereocenters. The molecule has 6 heteroatoms. The molecule has 4 nitrogen and oxygen atoms in total. The zero-order valence-electron chi connectivity index (χ0n) is 14.9. The number of guanidine groups is 1. The van der Waals surface area contributed by atoms with Gasteiger partial charge in [0.15, 0.2) is 5.96 Å². The van der Waals surface area contributed by atoms with Crippen molar-refractivity contribution in [3.05, 3.63) is 51.2 Å². The fraction of sp³-hybridized carbons (Fsp3) is 0.444. The van der Waals surface area contributed by atoms with Crippen LogP contribution in [0.5, 0.6) is 0 Å². The molecule has 0 saturated heterocycles. The third-order valence-electron chi connectivity index (χ3n) is 3.94. The molecule has 0 aliphatic carbocycles. The molecule has 1 aromatic carbocycles. The highest BCUT2D eigenvalue weighted by Crippen LogP contribution is 2.22. The van der Waals surface area contributed by atoms with E-state index in [-0.39, 0.29) is 11.2 Å². The fourth-order valence-electron chi connectivity index (χ4n) is 2.44. The van der Waals surface area contributed by atoms with Gasteiger partial charge in [0.1, 0.15) is 5.82 Å². The van der Waals surface area contributed by atoms with Crippen LogP contribution in [0.2, 0.25) is 0 Å². The lowest BCUT2D eigenvalue weighted by atomic mass is 9.84. The first-order valence-electron chi connectivity index (χ1n) is 7.95. The Hall–Kier alpha value is -1.95. The summed E-state index contributed by atoms with van der Waals surface area (Å²) in [4.78, 5) is 9.90. The number of hydrogen-bond donors (Lipinski definition) is 2. The van der Waals surface area contributed by atoms with Crippen molar-refractivity contribution in [3.63, 3.8) is 0 Å². The quantitative estimate of drug-likeness (QED) is 0.642. The molecule has 0 saturated carbocycles. The lowest BCUT2D eigenvalue weighted by molar-refractivity contribution is 0.503. The normalized spacial score (nSPS) is 12.3. The van der Waals surface area contributed by atoms with Gasteiger partial charge in [-0.3, -0.25) is 4.99 Å². The van der Waals surface area contributed by atoms with Crippen LogP contribution in [0.3, 0.4) is 0 Å². The van der Waals surface area contributed by atoms with Gasteiger partial charge in [0.05, 0.1) is 17.2 Å². The Morgan fingerprint density at radius 2 is 2.04 bits per heavy atom. The van der Waals surface area contributed by atoms with E-state index in [4.69, 9.17) is 0 Å². The van der Waals surface area contributed by atoms with Crippen molar-refractivity contribution in [3.8, 4) is 0 Å². The molecule has 1 aromatic heterocycles. The topological polar surface area (TPSA) is 49.3 Å². The van der Waals surface area contributed by atoms with E-state index in [0.717, 1.165) is 22.2 Å². The average molecular weight is 348 g/mol. The summed E-state index contributed by atoms with van der Waals surface area (Å²) in [5.41, 5.74) is 1.80. The van der Waals surface area contributed by atoms with Crippen LogP contribution in [-0.2, 0) is 12.0 Å². The van der Waals surface area contributed by atoms with E-state index in [0.29, 0.717) is 13.1 Å². The highest BCUT2D eigenvalue weighted by atomic mass is 32.1. The highest BCUT2D eigenvalue weighted by Gasteiger charge is 2.21. The number of aromatic nitrogens is 1. The van der Waals surface area contributed by atoms with E-state index in [1.54, 1.807) is 30.5 Å². The van der Waals surface area contributed by atoms with Gasteiger partial charge in [-0.05, 0) is 31.5 Å². The number of aliphatic imine (C=N–C) groups is 1. The van der Waals surface area contributed by atoms with E-state index in [1.165, 1.54) is 10.9 Å². The zero-order valence-corrected chi connectivity index (χ0v) is 15.7. The van der Waals surface area contributed by atoms with Crippen molar-refractivity contribution in [2.75, 3.05) is 13.6 Å². The fourth-order valence-corrected chi connectivity index (χ4v) is 3.32. The van der Waals surface area contributed by atoms with Gasteiger partial charge < -0.3 is 10.6 Å². The molecular formula is C18H25FN4S.